The van der Waals surface area contributed by atoms with Crippen molar-refractivity contribution in [3.63, 3.8) is 0 Å². The first kappa shape index (κ1) is 10.8. The average Bonchev–Trinajstić information content (AvgIpc) is 2.18. The summed E-state index contributed by atoms with van der Waals surface area (Å²) in [5, 5.41) is 21.4. The standard InChI is InChI=1S/C10H15NO3/c1-14-5-4-11-7-8-2-3-9(12)10(13)6-8/h2-3,6,11-13H,4-5,7H2,1H3. The van der Waals surface area contributed by atoms with Crippen LogP contribution in [0.2, 0.25) is 0 Å². The second-order valence-corrected chi connectivity index (χ2v) is 2.99. The molecule has 1 rings (SSSR count). The van der Waals surface area contributed by atoms with Gasteiger partial charge in [0.2, 0.25) is 0 Å². The molecule has 0 radical (unpaired) electrons. The van der Waals surface area contributed by atoms with Gasteiger partial charge in [-0.1, -0.05) is 6.07 Å². The maximum Gasteiger partial charge on any atom is 0.157 e. The fourth-order valence-electron chi connectivity index (χ4n) is 1.09. The van der Waals surface area contributed by atoms with E-state index in [1.165, 1.54) is 12.1 Å². The molecule has 0 bridgehead atoms. The van der Waals surface area contributed by atoms with Gasteiger partial charge in [-0.2, -0.15) is 0 Å². The van der Waals surface area contributed by atoms with Gasteiger partial charge in [0.25, 0.3) is 0 Å². The maximum atomic E-state index is 9.20. The Labute approximate surface area is 83.1 Å². The minimum Gasteiger partial charge on any atom is -0.504 e. The van der Waals surface area contributed by atoms with Gasteiger partial charge in [-0.15, -0.1) is 0 Å². The van der Waals surface area contributed by atoms with Crippen LogP contribution in [-0.2, 0) is 11.3 Å². The quantitative estimate of drug-likeness (QED) is 0.483. The van der Waals surface area contributed by atoms with Crippen molar-refractivity contribution < 1.29 is 14.9 Å². The van der Waals surface area contributed by atoms with Crippen LogP contribution in [0.15, 0.2) is 18.2 Å². The molecule has 1 aromatic carbocycles. The summed E-state index contributed by atoms with van der Waals surface area (Å²) in [6.07, 6.45) is 0. The van der Waals surface area contributed by atoms with E-state index in [9.17, 15) is 5.11 Å². The molecule has 4 heteroatoms. The first-order valence-electron chi connectivity index (χ1n) is 4.44. The lowest BCUT2D eigenvalue weighted by molar-refractivity contribution is 0.199. The lowest BCUT2D eigenvalue weighted by atomic mass is 10.2. The van der Waals surface area contributed by atoms with Crippen LogP contribution in [0.1, 0.15) is 5.56 Å². The van der Waals surface area contributed by atoms with Crippen LogP contribution in [0.3, 0.4) is 0 Å². The molecule has 0 atom stereocenters. The zero-order valence-corrected chi connectivity index (χ0v) is 8.16. The number of benzene rings is 1. The molecular formula is C10H15NO3. The zero-order valence-electron chi connectivity index (χ0n) is 8.16. The molecule has 0 saturated heterocycles. The van der Waals surface area contributed by atoms with Crippen molar-refractivity contribution in [1.82, 2.24) is 5.32 Å². The van der Waals surface area contributed by atoms with Crippen molar-refractivity contribution in [3.8, 4) is 11.5 Å². The summed E-state index contributed by atoms with van der Waals surface area (Å²) in [5.41, 5.74) is 0.927. The molecular weight excluding hydrogens is 182 g/mol. The summed E-state index contributed by atoms with van der Waals surface area (Å²) in [6.45, 7) is 2.07. The lowest BCUT2D eigenvalue weighted by Gasteiger charge is -2.05. The second kappa shape index (κ2) is 5.47. The molecule has 0 spiro atoms. The van der Waals surface area contributed by atoms with E-state index >= 15 is 0 Å². The predicted molar refractivity (Wildman–Crippen MR) is 53.4 cm³/mol. The van der Waals surface area contributed by atoms with E-state index < -0.39 is 0 Å². The number of phenolic OH excluding ortho intramolecular Hbond substituents is 2. The van der Waals surface area contributed by atoms with Crippen molar-refractivity contribution in [2.45, 2.75) is 6.54 Å². The van der Waals surface area contributed by atoms with E-state index in [1.807, 2.05) is 0 Å². The van der Waals surface area contributed by atoms with Crippen molar-refractivity contribution >= 4 is 0 Å². The van der Waals surface area contributed by atoms with Crippen LogP contribution < -0.4 is 5.32 Å². The number of nitrogens with one attached hydrogen (secondary N) is 1. The van der Waals surface area contributed by atoms with Gasteiger partial charge in [0.15, 0.2) is 11.5 Å². The fraction of sp³-hybridized carbons (Fsp3) is 0.400. The normalized spacial score (nSPS) is 10.4. The van der Waals surface area contributed by atoms with Crippen molar-refractivity contribution in [2.24, 2.45) is 0 Å². The van der Waals surface area contributed by atoms with E-state index in [0.717, 1.165) is 12.1 Å². The number of hydrogen-bond acceptors (Lipinski definition) is 4. The Kier molecular flexibility index (Phi) is 4.22. The van der Waals surface area contributed by atoms with E-state index in [1.54, 1.807) is 13.2 Å². The minimum absolute atomic E-state index is 0.0870. The highest BCUT2D eigenvalue weighted by Crippen LogP contribution is 2.24. The highest BCUT2D eigenvalue weighted by molar-refractivity contribution is 5.40. The van der Waals surface area contributed by atoms with Gasteiger partial charge in [-0.25, -0.2) is 0 Å². The first-order chi connectivity index (χ1) is 6.74. The Morgan fingerprint density at radius 3 is 2.71 bits per heavy atom. The van der Waals surface area contributed by atoms with Gasteiger partial charge in [0.05, 0.1) is 6.61 Å². The minimum atomic E-state index is -0.0920. The maximum absolute atomic E-state index is 9.20. The third-order valence-corrected chi connectivity index (χ3v) is 1.85. The Morgan fingerprint density at radius 2 is 2.07 bits per heavy atom. The predicted octanol–water partition coefficient (Wildman–Crippen LogP) is 0.834. The van der Waals surface area contributed by atoms with Gasteiger partial charge < -0.3 is 20.3 Å². The monoisotopic (exact) mass is 197 g/mol. The Bertz CT molecular complexity index is 289. The summed E-state index contributed by atoms with van der Waals surface area (Å²) in [4.78, 5) is 0. The van der Waals surface area contributed by atoms with Crippen LogP contribution in [0.4, 0.5) is 0 Å². The molecule has 0 fully saturated rings. The van der Waals surface area contributed by atoms with Gasteiger partial charge in [0, 0.05) is 20.2 Å². The summed E-state index contributed by atoms with van der Waals surface area (Å²) in [7, 11) is 1.65. The average molecular weight is 197 g/mol. The number of ether oxygens (including phenoxy) is 1. The lowest BCUT2D eigenvalue weighted by Crippen LogP contribution is -2.18. The van der Waals surface area contributed by atoms with Gasteiger partial charge in [-0.3, -0.25) is 0 Å². The molecule has 0 amide bonds. The number of phenols is 2. The number of hydrogen-bond donors (Lipinski definition) is 3. The van der Waals surface area contributed by atoms with Crippen LogP contribution >= 0.6 is 0 Å². The molecule has 0 aromatic heterocycles. The highest BCUT2D eigenvalue weighted by Gasteiger charge is 1.99. The van der Waals surface area contributed by atoms with E-state index in [4.69, 9.17) is 9.84 Å². The Balaban J connectivity index is 2.39. The highest BCUT2D eigenvalue weighted by atomic mass is 16.5. The number of aromatic hydroxyl groups is 2. The summed E-state index contributed by atoms with van der Waals surface area (Å²) < 4.78 is 4.87. The smallest absolute Gasteiger partial charge is 0.157 e. The van der Waals surface area contributed by atoms with Crippen molar-refractivity contribution in [2.75, 3.05) is 20.3 Å². The molecule has 1 aromatic rings. The second-order valence-electron chi connectivity index (χ2n) is 2.99. The van der Waals surface area contributed by atoms with E-state index in [0.29, 0.717) is 13.2 Å². The Hall–Kier alpha value is -1.26. The van der Waals surface area contributed by atoms with Crippen LogP contribution in [0.25, 0.3) is 0 Å². The molecule has 0 heterocycles. The number of rotatable bonds is 5. The fourth-order valence-corrected chi connectivity index (χ4v) is 1.09. The van der Waals surface area contributed by atoms with E-state index in [-0.39, 0.29) is 11.5 Å². The zero-order chi connectivity index (χ0) is 10.4. The third-order valence-electron chi connectivity index (χ3n) is 1.85. The molecule has 0 aliphatic carbocycles. The molecule has 0 aliphatic rings. The van der Waals surface area contributed by atoms with Crippen LogP contribution in [0.5, 0.6) is 11.5 Å². The molecule has 4 nitrogen and oxygen atoms in total. The topological polar surface area (TPSA) is 61.7 Å². The van der Waals surface area contributed by atoms with Gasteiger partial charge in [-0.05, 0) is 17.7 Å². The largest absolute Gasteiger partial charge is 0.504 e. The van der Waals surface area contributed by atoms with Crippen LogP contribution in [0, 0.1) is 0 Å². The van der Waals surface area contributed by atoms with E-state index in [2.05, 4.69) is 5.32 Å². The molecule has 78 valence electrons. The molecule has 3 N–H and O–H groups in total. The van der Waals surface area contributed by atoms with Crippen molar-refractivity contribution in [1.29, 1.82) is 0 Å². The molecule has 0 saturated carbocycles. The summed E-state index contributed by atoms with van der Waals surface area (Å²) in [6, 6.07) is 4.77. The van der Waals surface area contributed by atoms with Crippen LogP contribution in [-0.4, -0.2) is 30.5 Å². The Morgan fingerprint density at radius 1 is 1.29 bits per heavy atom. The summed E-state index contributed by atoms with van der Waals surface area (Å²) in [5.74, 6) is -0.179. The van der Waals surface area contributed by atoms with Gasteiger partial charge >= 0.3 is 0 Å². The molecule has 0 aliphatic heterocycles. The molecule has 14 heavy (non-hydrogen) atoms. The third kappa shape index (κ3) is 3.24. The summed E-state index contributed by atoms with van der Waals surface area (Å²) >= 11 is 0. The SMILES string of the molecule is COCCNCc1ccc(O)c(O)c1. The number of methoxy groups -OCH3 is 1. The molecule has 0 unspecified atom stereocenters. The van der Waals surface area contributed by atoms with Gasteiger partial charge in [0.1, 0.15) is 0 Å². The van der Waals surface area contributed by atoms with Crippen molar-refractivity contribution in [3.05, 3.63) is 23.8 Å². The first-order valence-corrected chi connectivity index (χ1v) is 4.44.